The molecule has 0 atom stereocenters. The van der Waals surface area contributed by atoms with Gasteiger partial charge < -0.3 is 9.72 Å². The van der Waals surface area contributed by atoms with Gasteiger partial charge in [-0.15, -0.1) is 0 Å². The van der Waals surface area contributed by atoms with Crippen molar-refractivity contribution in [3.05, 3.63) is 76.7 Å². The number of rotatable bonds is 4. The Morgan fingerprint density at radius 3 is 2.54 bits per heavy atom. The van der Waals surface area contributed by atoms with Crippen LogP contribution in [0.15, 0.2) is 65.6 Å². The van der Waals surface area contributed by atoms with Crippen LogP contribution in [0.4, 0.5) is 0 Å². The second-order valence-electron chi connectivity index (χ2n) is 5.10. The van der Waals surface area contributed by atoms with Gasteiger partial charge in [-0.1, -0.05) is 36.4 Å². The maximum absolute atomic E-state index is 12.3. The molecule has 0 aliphatic heterocycles. The van der Waals surface area contributed by atoms with Gasteiger partial charge in [0, 0.05) is 11.8 Å². The quantitative estimate of drug-likeness (QED) is 0.749. The van der Waals surface area contributed by atoms with Crippen molar-refractivity contribution in [2.75, 3.05) is 6.61 Å². The van der Waals surface area contributed by atoms with Crippen molar-refractivity contribution in [3.63, 3.8) is 0 Å². The van der Waals surface area contributed by atoms with E-state index in [2.05, 4.69) is 9.97 Å². The minimum absolute atomic E-state index is 0.0304. The van der Waals surface area contributed by atoms with E-state index < -0.39 is 11.5 Å². The van der Waals surface area contributed by atoms with Gasteiger partial charge in [0.2, 0.25) is 0 Å². The molecule has 2 heterocycles. The van der Waals surface area contributed by atoms with Crippen LogP contribution in [0.25, 0.3) is 22.5 Å². The van der Waals surface area contributed by atoms with Gasteiger partial charge in [-0.3, -0.25) is 9.78 Å². The lowest BCUT2D eigenvalue weighted by atomic mass is 10.0. The Morgan fingerprint density at radius 2 is 1.88 bits per heavy atom. The lowest BCUT2D eigenvalue weighted by Crippen LogP contribution is -2.20. The van der Waals surface area contributed by atoms with Gasteiger partial charge in [0.15, 0.2) is 0 Å². The first-order valence-corrected chi connectivity index (χ1v) is 7.62. The summed E-state index contributed by atoms with van der Waals surface area (Å²) in [5.74, 6) is -0.643. The molecule has 0 amide bonds. The Labute approximate surface area is 139 Å². The number of aromatic amines is 1. The molecule has 1 N–H and O–H groups in total. The fourth-order valence-corrected chi connectivity index (χ4v) is 2.45. The van der Waals surface area contributed by atoms with Crippen molar-refractivity contribution in [3.8, 4) is 22.5 Å². The first kappa shape index (κ1) is 15.7. The van der Waals surface area contributed by atoms with Crippen molar-refractivity contribution in [1.82, 2.24) is 9.97 Å². The summed E-state index contributed by atoms with van der Waals surface area (Å²) >= 11 is 0. The Kier molecular flexibility index (Phi) is 4.52. The molecular weight excluding hydrogens is 304 g/mol. The minimum Gasteiger partial charge on any atom is -0.462 e. The molecule has 0 unspecified atom stereocenters. The molecule has 0 bridgehead atoms. The van der Waals surface area contributed by atoms with Crippen LogP contribution in [0.1, 0.15) is 17.3 Å². The predicted molar refractivity (Wildman–Crippen MR) is 91.7 cm³/mol. The zero-order valence-electron chi connectivity index (χ0n) is 13.2. The van der Waals surface area contributed by atoms with E-state index in [4.69, 9.17) is 4.74 Å². The van der Waals surface area contributed by atoms with E-state index in [1.54, 1.807) is 19.2 Å². The highest BCUT2D eigenvalue weighted by molar-refractivity contribution is 5.92. The molecule has 0 fully saturated rings. The Bertz CT molecular complexity index is 903. The highest BCUT2D eigenvalue weighted by Crippen LogP contribution is 2.28. The molecule has 0 saturated carbocycles. The number of carbonyl (C=O) groups is 1. The van der Waals surface area contributed by atoms with E-state index >= 15 is 0 Å². The monoisotopic (exact) mass is 320 g/mol. The van der Waals surface area contributed by atoms with E-state index in [1.807, 2.05) is 48.5 Å². The van der Waals surface area contributed by atoms with Crippen molar-refractivity contribution >= 4 is 5.97 Å². The van der Waals surface area contributed by atoms with Crippen LogP contribution in [0.3, 0.4) is 0 Å². The van der Waals surface area contributed by atoms with E-state index in [9.17, 15) is 9.59 Å². The lowest BCUT2D eigenvalue weighted by molar-refractivity contribution is 0.0524. The SMILES string of the molecule is CCOC(=O)c1cc(-c2ccccn2)c(-c2ccccc2)[nH]c1=O. The number of aromatic nitrogens is 2. The van der Waals surface area contributed by atoms with E-state index in [0.29, 0.717) is 17.0 Å². The number of nitrogens with zero attached hydrogens (tertiary/aromatic N) is 1. The largest absolute Gasteiger partial charge is 0.462 e. The van der Waals surface area contributed by atoms with Crippen molar-refractivity contribution in [1.29, 1.82) is 0 Å². The van der Waals surface area contributed by atoms with Crippen LogP contribution in [0, 0.1) is 0 Å². The minimum atomic E-state index is -0.643. The fraction of sp³-hybridized carbons (Fsp3) is 0.105. The Balaban J connectivity index is 2.24. The van der Waals surface area contributed by atoms with Crippen molar-refractivity contribution in [2.45, 2.75) is 6.92 Å². The average Bonchev–Trinajstić information content (AvgIpc) is 2.63. The molecule has 0 spiro atoms. The fourth-order valence-electron chi connectivity index (χ4n) is 2.45. The number of H-pyrrole nitrogens is 1. The third-order valence-corrected chi connectivity index (χ3v) is 3.54. The molecule has 120 valence electrons. The molecule has 5 nitrogen and oxygen atoms in total. The molecule has 24 heavy (non-hydrogen) atoms. The number of nitrogens with one attached hydrogen (secondary N) is 1. The maximum Gasteiger partial charge on any atom is 0.343 e. The standard InChI is InChI=1S/C19H16N2O3/c1-2-24-19(23)15-12-14(16-10-6-7-11-20-16)17(21-18(15)22)13-8-4-3-5-9-13/h3-12H,2H2,1H3,(H,21,22). The van der Waals surface area contributed by atoms with Gasteiger partial charge in [-0.05, 0) is 30.7 Å². The summed E-state index contributed by atoms with van der Waals surface area (Å²) in [6.45, 7) is 1.90. The van der Waals surface area contributed by atoms with Crippen LogP contribution in [-0.2, 0) is 4.74 Å². The second kappa shape index (κ2) is 6.91. The third-order valence-electron chi connectivity index (χ3n) is 3.54. The molecule has 0 radical (unpaired) electrons. The van der Waals surface area contributed by atoms with Crippen molar-refractivity contribution < 1.29 is 9.53 Å². The van der Waals surface area contributed by atoms with E-state index in [1.165, 1.54) is 0 Å². The smallest absolute Gasteiger partial charge is 0.343 e. The Hall–Kier alpha value is -3.21. The summed E-state index contributed by atoms with van der Waals surface area (Å²) in [6, 6.07) is 16.5. The van der Waals surface area contributed by atoms with Crippen molar-refractivity contribution in [2.24, 2.45) is 0 Å². The van der Waals surface area contributed by atoms with Gasteiger partial charge in [0.05, 0.1) is 18.0 Å². The number of hydrogen-bond donors (Lipinski definition) is 1. The first-order chi connectivity index (χ1) is 11.7. The molecule has 2 aromatic heterocycles. The summed E-state index contributed by atoms with van der Waals surface area (Å²) in [5.41, 5.74) is 2.28. The van der Waals surface area contributed by atoms with Gasteiger partial charge in [-0.2, -0.15) is 0 Å². The summed E-state index contributed by atoms with van der Waals surface area (Å²) in [4.78, 5) is 31.5. The lowest BCUT2D eigenvalue weighted by Gasteiger charge is -2.11. The summed E-state index contributed by atoms with van der Waals surface area (Å²) in [5, 5.41) is 0. The number of ether oxygens (including phenoxy) is 1. The highest BCUT2D eigenvalue weighted by Gasteiger charge is 2.18. The number of hydrogen-bond acceptors (Lipinski definition) is 4. The molecule has 0 aliphatic rings. The zero-order valence-corrected chi connectivity index (χ0v) is 13.2. The van der Waals surface area contributed by atoms with Crippen LogP contribution in [-0.4, -0.2) is 22.5 Å². The number of esters is 1. The van der Waals surface area contributed by atoms with Gasteiger partial charge in [0.1, 0.15) is 5.56 Å². The zero-order chi connectivity index (χ0) is 16.9. The molecule has 0 aliphatic carbocycles. The third kappa shape index (κ3) is 3.10. The highest BCUT2D eigenvalue weighted by atomic mass is 16.5. The molecule has 3 rings (SSSR count). The summed E-state index contributed by atoms with van der Waals surface area (Å²) in [7, 11) is 0. The summed E-state index contributed by atoms with van der Waals surface area (Å²) < 4.78 is 4.97. The van der Waals surface area contributed by atoms with Crippen LogP contribution in [0.2, 0.25) is 0 Å². The van der Waals surface area contributed by atoms with E-state index in [0.717, 1.165) is 5.56 Å². The first-order valence-electron chi connectivity index (χ1n) is 7.62. The van der Waals surface area contributed by atoms with Crippen LogP contribution < -0.4 is 5.56 Å². The topological polar surface area (TPSA) is 72.0 Å². The molecular formula is C19H16N2O3. The molecule has 5 heteroatoms. The van der Waals surface area contributed by atoms with Crippen LogP contribution >= 0.6 is 0 Å². The number of carbonyl (C=O) groups excluding carboxylic acids is 1. The normalized spacial score (nSPS) is 10.4. The predicted octanol–water partition coefficient (Wildman–Crippen LogP) is 3.28. The van der Waals surface area contributed by atoms with E-state index in [-0.39, 0.29) is 12.2 Å². The number of pyridine rings is 2. The van der Waals surface area contributed by atoms with Gasteiger partial charge >= 0.3 is 5.97 Å². The Morgan fingerprint density at radius 1 is 1.12 bits per heavy atom. The molecule has 3 aromatic rings. The second-order valence-corrected chi connectivity index (χ2v) is 5.10. The van der Waals surface area contributed by atoms with Crippen LogP contribution in [0.5, 0.6) is 0 Å². The van der Waals surface area contributed by atoms with Gasteiger partial charge in [0.25, 0.3) is 5.56 Å². The summed E-state index contributed by atoms with van der Waals surface area (Å²) in [6.07, 6.45) is 1.67. The molecule has 1 aromatic carbocycles. The maximum atomic E-state index is 12.3. The van der Waals surface area contributed by atoms with Gasteiger partial charge in [-0.25, -0.2) is 4.79 Å². The molecule has 0 saturated heterocycles. The average molecular weight is 320 g/mol. The number of benzene rings is 1.